The Labute approximate surface area is 130 Å². The number of H-pyrrole nitrogens is 1. The van der Waals surface area contributed by atoms with E-state index in [1.807, 2.05) is 6.07 Å². The minimum Gasteiger partial charge on any atom is -0.331 e. The maximum atomic E-state index is 6.37. The Kier molecular flexibility index (Phi) is 4.61. The predicted molar refractivity (Wildman–Crippen MR) is 87.4 cm³/mol. The van der Waals surface area contributed by atoms with Crippen molar-refractivity contribution in [3.63, 3.8) is 0 Å². The van der Waals surface area contributed by atoms with Crippen LogP contribution in [0.2, 0.25) is 5.15 Å². The van der Waals surface area contributed by atoms with Gasteiger partial charge in [0.05, 0.1) is 6.04 Å². The number of hydrogen-bond acceptors (Lipinski definition) is 2. The van der Waals surface area contributed by atoms with Gasteiger partial charge in [-0.2, -0.15) is 0 Å². The number of hydrogen-bond donors (Lipinski definition) is 2. The molecule has 1 atom stereocenters. The van der Waals surface area contributed by atoms with Crippen LogP contribution in [-0.2, 0) is 6.42 Å². The maximum absolute atomic E-state index is 6.37. The smallest absolute Gasteiger partial charge is 0.134 e. The number of nitrogens with two attached hydrogens (primary N) is 1. The van der Waals surface area contributed by atoms with Crippen molar-refractivity contribution >= 4 is 11.6 Å². The van der Waals surface area contributed by atoms with Gasteiger partial charge in [0, 0.05) is 5.56 Å². The number of aromatic nitrogens is 2. The van der Waals surface area contributed by atoms with Crippen molar-refractivity contribution in [1.29, 1.82) is 0 Å². The first-order valence-electron chi connectivity index (χ1n) is 7.85. The fourth-order valence-corrected chi connectivity index (χ4v) is 3.28. The van der Waals surface area contributed by atoms with E-state index >= 15 is 0 Å². The van der Waals surface area contributed by atoms with Crippen LogP contribution in [-0.4, -0.2) is 9.97 Å². The van der Waals surface area contributed by atoms with Gasteiger partial charge in [0.15, 0.2) is 0 Å². The first-order chi connectivity index (χ1) is 10.3. The quantitative estimate of drug-likeness (QED) is 0.745. The lowest BCUT2D eigenvalue weighted by Gasteiger charge is -2.08. The van der Waals surface area contributed by atoms with Crippen molar-refractivity contribution in [3.8, 4) is 11.3 Å². The van der Waals surface area contributed by atoms with E-state index < -0.39 is 0 Å². The van der Waals surface area contributed by atoms with Crippen molar-refractivity contribution in [3.05, 3.63) is 40.8 Å². The van der Waals surface area contributed by atoms with Crippen molar-refractivity contribution in [2.75, 3.05) is 0 Å². The number of aromatic amines is 1. The summed E-state index contributed by atoms with van der Waals surface area (Å²) in [6, 6.07) is 8.36. The lowest BCUT2D eigenvalue weighted by molar-refractivity contribution is 0.538. The van der Waals surface area contributed by atoms with E-state index in [-0.39, 0.29) is 6.04 Å². The third-order valence-corrected chi connectivity index (χ3v) is 4.54. The van der Waals surface area contributed by atoms with Crippen LogP contribution >= 0.6 is 11.6 Å². The van der Waals surface area contributed by atoms with E-state index in [9.17, 15) is 0 Å². The third-order valence-electron chi connectivity index (χ3n) is 4.26. The fourth-order valence-electron chi connectivity index (χ4n) is 3.04. The number of rotatable bonds is 0. The molecule has 1 aromatic heterocycles. The summed E-state index contributed by atoms with van der Waals surface area (Å²) in [4.78, 5) is 7.85. The molecule has 4 heteroatoms. The SMILES string of the molecule is N[C@H]1CCCCCCCc2ccccc2-c2nc1[nH]c2Cl. The van der Waals surface area contributed by atoms with Gasteiger partial charge < -0.3 is 10.7 Å². The van der Waals surface area contributed by atoms with Gasteiger partial charge in [0.2, 0.25) is 0 Å². The second-order valence-corrected chi connectivity index (χ2v) is 6.23. The Balaban J connectivity index is 2.01. The van der Waals surface area contributed by atoms with E-state index in [1.54, 1.807) is 0 Å². The van der Waals surface area contributed by atoms with Crippen LogP contribution in [0, 0.1) is 0 Å². The first-order valence-corrected chi connectivity index (χ1v) is 8.23. The Hall–Kier alpha value is -1.32. The van der Waals surface area contributed by atoms with Gasteiger partial charge in [-0.05, 0) is 24.8 Å². The number of benzene rings is 1. The van der Waals surface area contributed by atoms with Crippen LogP contribution in [0.3, 0.4) is 0 Å². The summed E-state index contributed by atoms with van der Waals surface area (Å²) in [5, 5.41) is 0.602. The van der Waals surface area contributed by atoms with Crippen molar-refractivity contribution in [2.45, 2.75) is 51.0 Å². The predicted octanol–water partition coefficient (Wildman–Crippen LogP) is 4.63. The second kappa shape index (κ2) is 6.63. The molecule has 1 aromatic carbocycles. The van der Waals surface area contributed by atoms with E-state index in [0.717, 1.165) is 36.3 Å². The molecular weight excluding hydrogens is 282 g/mol. The first kappa shape index (κ1) is 14.6. The molecular formula is C17H22ClN3. The molecule has 3 nitrogen and oxygen atoms in total. The third kappa shape index (κ3) is 3.30. The monoisotopic (exact) mass is 303 g/mol. The molecule has 0 unspecified atom stereocenters. The minimum atomic E-state index is -0.0517. The van der Waals surface area contributed by atoms with E-state index in [2.05, 4.69) is 28.2 Å². The molecule has 1 aliphatic rings. The lowest BCUT2D eigenvalue weighted by Crippen LogP contribution is -2.11. The molecule has 2 aromatic rings. The largest absolute Gasteiger partial charge is 0.331 e. The highest BCUT2D eigenvalue weighted by Crippen LogP contribution is 2.31. The van der Waals surface area contributed by atoms with Crippen LogP contribution in [0.4, 0.5) is 0 Å². The molecule has 0 spiro atoms. The minimum absolute atomic E-state index is 0.0517. The van der Waals surface area contributed by atoms with Gasteiger partial charge in [-0.3, -0.25) is 0 Å². The number of aryl methyl sites for hydroxylation is 1. The number of nitrogens with zero attached hydrogens (tertiary/aromatic N) is 1. The summed E-state index contributed by atoms with van der Waals surface area (Å²) in [5.74, 6) is 0.809. The molecule has 3 rings (SSSR count). The molecule has 2 heterocycles. The molecule has 21 heavy (non-hydrogen) atoms. The van der Waals surface area contributed by atoms with Crippen LogP contribution in [0.1, 0.15) is 56.0 Å². The second-order valence-electron chi connectivity index (χ2n) is 5.85. The Morgan fingerprint density at radius 2 is 1.86 bits per heavy atom. The molecule has 0 saturated heterocycles. The van der Waals surface area contributed by atoms with Crippen molar-refractivity contribution < 1.29 is 0 Å². The molecule has 0 saturated carbocycles. The van der Waals surface area contributed by atoms with E-state index in [0.29, 0.717) is 5.15 Å². The van der Waals surface area contributed by atoms with E-state index in [1.165, 1.54) is 31.2 Å². The van der Waals surface area contributed by atoms with Gasteiger partial charge >= 0.3 is 0 Å². The average molecular weight is 304 g/mol. The topological polar surface area (TPSA) is 54.7 Å². The molecule has 0 aliphatic carbocycles. The molecule has 0 fully saturated rings. The number of fused-ring (bicyclic) bond motifs is 4. The molecule has 1 aliphatic heterocycles. The highest BCUT2D eigenvalue weighted by molar-refractivity contribution is 6.32. The van der Waals surface area contributed by atoms with Gasteiger partial charge in [0.25, 0.3) is 0 Å². The summed E-state index contributed by atoms with van der Waals surface area (Å²) in [7, 11) is 0. The number of imidazole rings is 1. The normalized spacial score (nSPS) is 20.0. The van der Waals surface area contributed by atoms with Crippen LogP contribution < -0.4 is 5.73 Å². The highest BCUT2D eigenvalue weighted by atomic mass is 35.5. The van der Waals surface area contributed by atoms with E-state index in [4.69, 9.17) is 17.3 Å². The molecule has 2 bridgehead atoms. The lowest BCUT2D eigenvalue weighted by atomic mass is 9.99. The highest BCUT2D eigenvalue weighted by Gasteiger charge is 2.17. The molecule has 0 amide bonds. The Morgan fingerprint density at radius 3 is 2.76 bits per heavy atom. The van der Waals surface area contributed by atoms with Crippen molar-refractivity contribution in [1.82, 2.24) is 9.97 Å². The fraction of sp³-hybridized carbons (Fsp3) is 0.471. The standard InChI is InChI=1S/C17H22ClN3/c18-16-15-13-10-7-6-9-12(13)8-4-2-1-3-5-11-14(19)17(20-15)21-16/h6-7,9-10,14H,1-5,8,11,19H2,(H,20,21)/t14-/m0/s1. The van der Waals surface area contributed by atoms with Gasteiger partial charge in [-0.1, -0.05) is 61.5 Å². The summed E-state index contributed by atoms with van der Waals surface area (Å²) in [6.45, 7) is 0. The summed E-state index contributed by atoms with van der Waals surface area (Å²) in [6.07, 6.45) is 8.24. The summed E-state index contributed by atoms with van der Waals surface area (Å²) < 4.78 is 0. The van der Waals surface area contributed by atoms with Gasteiger partial charge in [-0.15, -0.1) is 0 Å². The van der Waals surface area contributed by atoms with Crippen LogP contribution in [0.15, 0.2) is 24.3 Å². The zero-order chi connectivity index (χ0) is 14.7. The summed E-state index contributed by atoms with van der Waals surface area (Å²) >= 11 is 6.37. The van der Waals surface area contributed by atoms with Crippen LogP contribution in [0.25, 0.3) is 11.3 Å². The number of halogens is 1. The van der Waals surface area contributed by atoms with Crippen molar-refractivity contribution in [2.24, 2.45) is 5.73 Å². The van der Waals surface area contributed by atoms with Crippen LogP contribution in [0.5, 0.6) is 0 Å². The van der Waals surface area contributed by atoms with Gasteiger partial charge in [-0.25, -0.2) is 4.98 Å². The summed E-state index contributed by atoms with van der Waals surface area (Å²) in [5.41, 5.74) is 9.54. The molecule has 0 radical (unpaired) electrons. The van der Waals surface area contributed by atoms with Gasteiger partial charge in [0.1, 0.15) is 16.7 Å². The Bertz CT molecular complexity index is 606. The average Bonchev–Trinajstić information content (AvgIpc) is 2.88. The molecule has 112 valence electrons. The molecule has 3 N–H and O–H groups in total. The number of nitrogens with one attached hydrogen (secondary N) is 1. The Morgan fingerprint density at radius 1 is 1.10 bits per heavy atom. The zero-order valence-electron chi connectivity index (χ0n) is 12.2. The maximum Gasteiger partial charge on any atom is 0.134 e. The zero-order valence-corrected chi connectivity index (χ0v) is 13.0.